The molecule has 0 aliphatic carbocycles. The van der Waals surface area contributed by atoms with Gasteiger partial charge < -0.3 is 5.73 Å². The molecule has 1 unspecified atom stereocenters. The van der Waals surface area contributed by atoms with Crippen LogP contribution in [-0.2, 0) is 0 Å². The van der Waals surface area contributed by atoms with Crippen LogP contribution < -0.4 is 11.2 Å². The Balaban J connectivity index is 2.07. The predicted molar refractivity (Wildman–Crippen MR) is 66.7 cm³/mol. The number of halogens is 2. The molecule has 1 aromatic rings. The van der Waals surface area contributed by atoms with Crippen molar-refractivity contribution in [1.82, 2.24) is 10.4 Å². The molecular formula is C13H19F2N3. The number of nitrogens with zero attached hydrogens (tertiary/aromatic N) is 1. The molecule has 0 radical (unpaired) electrons. The van der Waals surface area contributed by atoms with E-state index in [0.29, 0.717) is 5.56 Å². The Bertz CT molecular complexity index is 392. The van der Waals surface area contributed by atoms with Crippen molar-refractivity contribution in [2.45, 2.75) is 25.3 Å². The zero-order valence-electron chi connectivity index (χ0n) is 10.3. The molecule has 1 aliphatic rings. The lowest BCUT2D eigenvalue weighted by molar-refractivity contribution is 0.129. The fourth-order valence-electron chi connectivity index (χ4n) is 2.28. The molecule has 5 heteroatoms. The summed E-state index contributed by atoms with van der Waals surface area (Å²) < 4.78 is 26.6. The summed E-state index contributed by atoms with van der Waals surface area (Å²) >= 11 is 0. The molecule has 2 rings (SSSR count). The van der Waals surface area contributed by atoms with E-state index in [0.717, 1.165) is 32.0 Å². The molecule has 0 amide bonds. The first-order valence-corrected chi connectivity index (χ1v) is 6.37. The Labute approximate surface area is 106 Å². The zero-order chi connectivity index (χ0) is 13.0. The number of hydrazine groups is 1. The lowest BCUT2D eigenvalue weighted by atomic mass is 10.1. The van der Waals surface area contributed by atoms with Crippen molar-refractivity contribution in [1.29, 1.82) is 0 Å². The number of nitrogens with two attached hydrogens (primary N) is 1. The van der Waals surface area contributed by atoms with Crippen molar-refractivity contribution in [3.05, 3.63) is 35.4 Å². The van der Waals surface area contributed by atoms with Gasteiger partial charge in [0, 0.05) is 31.3 Å². The van der Waals surface area contributed by atoms with Crippen molar-refractivity contribution in [3.63, 3.8) is 0 Å². The van der Waals surface area contributed by atoms with Gasteiger partial charge in [0.1, 0.15) is 11.6 Å². The summed E-state index contributed by atoms with van der Waals surface area (Å²) in [5, 5.41) is 2.07. The maximum Gasteiger partial charge on any atom is 0.130 e. The van der Waals surface area contributed by atoms with Crippen LogP contribution in [0.1, 0.15) is 30.9 Å². The fraction of sp³-hybridized carbons (Fsp3) is 0.538. The summed E-state index contributed by atoms with van der Waals surface area (Å²) in [6.45, 7) is 2.16. The molecular weight excluding hydrogens is 236 g/mol. The molecule has 1 aromatic carbocycles. The van der Waals surface area contributed by atoms with Crippen LogP contribution in [-0.4, -0.2) is 24.6 Å². The molecule has 1 atom stereocenters. The second-order valence-corrected chi connectivity index (χ2v) is 4.63. The first kappa shape index (κ1) is 13.4. The summed E-state index contributed by atoms with van der Waals surface area (Å²) in [5.41, 5.74) is 9.33. The van der Waals surface area contributed by atoms with Gasteiger partial charge in [0.15, 0.2) is 0 Å². The van der Waals surface area contributed by atoms with E-state index >= 15 is 0 Å². The third-order valence-corrected chi connectivity index (χ3v) is 3.27. The van der Waals surface area contributed by atoms with E-state index in [4.69, 9.17) is 5.73 Å². The van der Waals surface area contributed by atoms with Crippen molar-refractivity contribution < 1.29 is 8.78 Å². The molecule has 1 saturated heterocycles. The molecule has 3 N–H and O–H groups in total. The topological polar surface area (TPSA) is 41.3 Å². The van der Waals surface area contributed by atoms with Crippen molar-refractivity contribution in [2.24, 2.45) is 5.73 Å². The van der Waals surface area contributed by atoms with E-state index in [1.165, 1.54) is 18.6 Å². The van der Waals surface area contributed by atoms with Gasteiger partial charge in [-0.1, -0.05) is 12.5 Å². The molecule has 1 heterocycles. The maximum atomic E-state index is 13.7. The molecule has 3 nitrogen and oxygen atoms in total. The number of piperidine rings is 1. The van der Waals surface area contributed by atoms with Gasteiger partial charge in [-0.2, -0.15) is 0 Å². The van der Waals surface area contributed by atoms with E-state index in [9.17, 15) is 8.78 Å². The number of nitrogens with one attached hydrogen (secondary N) is 1. The highest BCUT2D eigenvalue weighted by atomic mass is 19.1. The fourth-order valence-corrected chi connectivity index (χ4v) is 2.28. The summed E-state index contributed by atoms with van der Waals surface area (Å²) in [5.74, 6) is -1.11. The highest BCUT2D eigenvalue weighted by molar-refractivity contribution is 5.22. The molecule has 1 fully saturated rings. The van der Waals surface area contributed by atoms with Crippen molar-refractivity contribution in [2.75, 3.05) is 19.6 Å². The van der Waals surface area contributed by atoms with E-state index in [1.54, 1.807) is 0 Å². The largest absolute Gasteiger partial charge is 0.329 e. The molecule has 0 spiro atoms. The summed E-state index contributed by atoms with van der Waals surface area (Å²) in [4.78, 5) is 0. The van der Waals surface area contributed by atoms with Gasteiger partial charge in [-0.15, -0.1) is 0 Å². The van der Waals surface area contributed by atoms with Crippen LogP contribution in [0.25, 0.3) is 0 Å². The normalized spacial score (nSPS) is 18.8. The Morgan fingerprint density at radius 1 is 1.22 bits per heavy atom. The maximum absolute atomic E-state index is 13.7. The average Bonchev–Trinajstić information content (AvgIpc) is 2.38. The Morgan fingerprint density at radius 3 is 2.56 bits per heavy atom. The van der Waals surface area contributed by atoms with Crippen LogP contribution in [0.3, 0.4) is 0 Å². The molecule has 18 heavy (non-hydrogen) atoms. The second-order valence-electron chi connectivity index (χ2n) is 4.63. The molecule has 0 aromatic heterocycles. The minimum atomic E-state index is -0.565. The van der Waals surface area contributed by atoms with Gasteiger partial charge in [0.05, 0.1) is 6.04 Å². The number of rotatable bonds is 4. The van der Waals surface area contributed by atoms with E-state index < -0.39 is 11.6 Å². The van der Waals surface area contributed by atoms with E-state index in [-0.39, 0.29) is 12.6 Å². The predicted octanol–water partition coefficient (Wildman–Crippen LogP) is 1.96. The standard InChI is InChI=1S/C13H19F2N3/c14-10-4-5-11(12(15)8-10)13(9-16)17-18-6-2-1-3-7-18/h4-5,8,13,17H,1-3,6-7,9,16H2. The van der Waals surface area contributed by atoms with Gasteiger partial charge >= 0.3 is 0 Å². The van der Waals surface area contributed by atoms with Gasteiger partial charge in [0.25, 0.3) is 0 Å². The summed E-state index contributed by atoms with van der Waals surface area (Å²) in [6.07, 6.45) is 3.50. The van der Waals surface area contributed by atoms with Crippen LogP contribution in [0.2, 0.25) is 0 Å². The summed E-state index contributed by atoms with van der Waals surface area (Å²) in [6, 6.07) is 3.32. The van der Waals surface area contributed by atoms with Crippen LogP contribution >= 0.6 is 0 Å². The van der Waals surface area contributed by atoms with Crippen molar-refractivity contribution >= 4 is 0 Å². The SMILES string of the molecule is NCC(NN1CCCCC1)c1ccc(F)cc1F. The Kier molecular flexibility index (Phi) is 4.63. The first-order valence-electron chi connectivity index (χ1n) is 6.37. The van der Waals surface area contributed by atoms with Gasteiger partial charge in [0.2, 0.25) is 0 Å². The molecule has 100 valence electrons. The summed E-state index contributed by atoms with van der Waals surface area (Å²) in [7, 11) is 0. The van der Waals surface area contributed by atoms with Gasteiger partial charge in [-0.3, -0.25) is 0 Å². The van der Waals surface area contributed by atoms with Crippen LogP contribution in [0, 0.1) is 11.6 Å². The minimum Gasteiger partial charge on any atom is -0.329 e. The zero-order valence-corrected chi connectivity index (χ0v) is 10.3. The molecule has 0 saturated carbocycles. The third-order valence-electron chi connectivity index (χ3n) is 3.27. The van der Waals surface area contributed by atoms with Gasteiger partial charge in [-0.25, -0.2) is 19.2 Å². The van der Waals surface area contributed by atoms with E-state index in [2.05, 4.69) is 10.4 Å². The van der Waals surface area contributed by atoms with E-state index in [1.807, 2.05) is 0 Å². The van der Waals surface area contributed by atoms with Crippen LogP contribution in [0.4, 0.5) is 8.78 Å². The quantitative estimate of drug-likeness (QED) is 0.864. The molecule has 1 aliphatic heterocycles. The third kappa shape index (κ3) is 3.25. The Morgan fingerprint density at radius 2 is 1.94 bits per heavy atom. The monoisotopic (exact) mass is 255 g/mol. The van der Waals surface area contributed by atoms with Crippen LogP contribution in [0.5, 0.6) is 0 Å². The van der Waals surface area contributed by atoms with Gasteiger partial charge in [-0.05, 0) is 18.9 Å². The number of benzene rings is 1. The smallest absolute Gasteiger partial charge is 0.130 e. The van der Waals surface area contributed by atoms with Crippen LogP contribution in [0.15, 0.2) is 18.2 Å². The lowest BCUT2D eigenvalue weighted by Crippen LogP contribution is -2.45. The average molecular weight is 255 g/mol. The molecule has 0 bridgehead atoms. The highest BCUT2D eigenvalue weighted by Gasteiger charge is 2.19. The number of hydrogen-bond donors (Lipinski definition) is 2. The number of hydrogen-bond acceptors (Lipinski definition) is 3. The van der Waals surface area contributed by atoms with Crippen molar-refractivity contribution in [3.8, 4) is 0 Å². The lowest BCUT2D eigenvalue weighted by Gasteiger charge is -2.31. The Hall–Kier alpha value is -1.04. The first-order chi connectivity index (χ1) is 8.70. The second kappa shape index (κ2) is 6.22. The highest BCUT2D eigenvalue weighted by Crippen LogP contribution is 2.19. The minimum absolute atomic E-state index is 0.277.